The molecule has 1 aromatic heterocycles. The Hall–Kier alpha value is -2.14. The molecular formula is C21H20INO. The van der Waals surface area contributed by atoms with Gasteiger partial charge in [-0.2, -0.15) is 0 Å². The van der Waals surface area contributed by atoms with Gasteiger partial charge in [0, 0.05) is 12.1 Å². The number of nitrogens with zero attached hydrogens (tertiary/aromatic N) is 1. The van der Waals surface area contributed by atoms with E-state index in [0.717, 1.165) is 12.3 Å². The van der Waals surface area contributed by atoms with Crippen LogP contribution in [0.3, 0.4) is 0 Å². The van der Waals surface area contributed by atoms with Gasteiger partial charge in [0.15, 0.2) is 18.9 Å². The van der Waals surface area contributed by atoms with Crippen molar-refractivity contribution in [2.75, 3.05) is 6.61 Å². The second kappa shape index (κ2) is 9.88. The molecule has 3 heteroatoms. The molecule has 0 atom stereocenters. The first-order chi connectivity index (χ1) is 11.4. The monoisotopic (exact) mass is 429 g/mol. The minimum Gasteiger partial charge on any atom is -1.00 e. The zero-order valence-corrected chi connectivity index (χ0v) is 15.5. The van der Waals surface area contributed by atoms with E-state index in [9.17, 15) is 0 Å². The first-order valence-electron chi connectivity index (χ1n) is 7.80. The van der Waals surface area contributed by atoms with Gasteiger partial charge in [-0.3, -0.25) is 0 Å². The highest BCUT2D eigenvalue weighted by Crippen LogP contribution is 2.14. The summed E-state index contributed by atoms with van der Waals surface area (Å²) in [4.78, 5) is 0. The molecule has 0 saturated heterocycles. The zero-order chi connectivity index (χ0) is 15.7. The summed E-state index contributed by atoms with van der Waals surface area (Å²) >= 11 is 0. The maximum Gasteiger partial charge on any atom is 0.182 e. The van der Waals surface area contributed by atoms with Gasteiger partial charge < -0.3 is 28.7 Å². The molecule has 2 nitrogen and oxygen atoms in total. The molecule has 0 unspecified atom stereocenters. The Morgan fingerprint density at radius 1 is 0.708 bits per heavy atom. The van der Waals surface area contributed by atoms with Crippen LogP contribution in [0.1, 0.15) is 11.1 Å². The van der Waals surface area contributed by atoms with E-state index in [1.165, 1.54) is 11.1 Å². The lowest BCUT2D eigenvalue weighted by molar-refractivity contribution is -0.697. The number of ether oxygens (including phenoxy) is 1. The van der Waals surface area contributed by atoms with Gasteiger partial charge in [0.2, 0.25) is 0 Å². The summed E-state index contributed by atoms with van der Waals surface area (Å²) in [5.41, 5.74) is 2.37. The van der Waals surface area contributed by atoms with Crippen LogP contribution < -0.4 is 33.3 Å². The van der Waals surface area contributed by atoms with Gasteiger partial charge in [-0.15, -0.1) is 0 Å². The Morgan fingerprint density at radius 2 is 1.29 bits per heavy atom. The lowest BCUT2D eigenvalue weighted by Crippen LogP contribution is -3.00. The Kier molecular flexibility index (Phi) is 7.49. The second-order valence-electron chi connectivity index (χ2n) is 5.27. The van der Waals surface area contributed by atoms with Crippen molar-refractivity contribution in [3.63, 3.8) is 0 Å². The van der Waals surface area contributed by atoms with Crippen molar-refractivity contribution in [1.82, 2.24) is 0 Å². The number of hydrogen-bond acceptors (Lipinski definition) is 1. The van der Waals surface area contributed by atoms with Crippen molar-refractivity contribution in [3.05, 3.63) is 96.3 Å². The average Bonchev–Trinajstić information content (AvgIpc) is 2.63. The SMILES string of the molecule is C(=C\c1ccc(OCC[n+]2ccccc2)cc1)/c1ccccc1.[I-]. The highest BCUT2D eigenvalue weighted by atomic mass is 127. The van der Waals surface area contributed by atoms with Crippen molar-refractivity contribution >= 4 is 12.2 Å². The van der Waals surface area contributed by atoms with Crippen LogP contribution in [-0.2, 0) is 6.54 Å². The van der Waals surface area contributed by atoms with E-state index in [4.69, 9.17) is 4.74 Å². The third kappa shape index (κ3) is 5.81. The predicted molar refractivity (Wildman–Crippen MR) is 93.9 cm³/mol. The summed E-state index contributed by atoms with van der Waals surface area (Å²) in [6.07, 6.45) is 8.31. The van der Waals surface area contributed by atoms with Crippen molar-refractivity contribution in [2.45, 2.75) is 6.54 Å². The molecule has 0 aliphatic heterocycles. The summed E-state index contributed by atoms with van der Waals surface area (Å²) in [6.45, 7) is 1.50. The van der Waals surface area contributed by atoms with Crippen LogP contribution in [0.25, 0.3) is 12.2 Å². The molecule has 0 radical (unpaired) electrons. The van der Waals surface area contributed by atoms with Gasteiger partial charge >= 0.3 is 0 Å². The molecule has 0 spiro atoms. The molecule has 0 fully saturated rings. The molecule has 0 amide bonds. The molecule has 0 saturated carbocycles. The quantitative estimate of drug-likeness (QED) is 0.327. The number of halogens is 1. The maximum atomic E-state index is 5.78. The maximum absolute atomic E-state index is 5.78. The summed E-state index contributed by atoms with van der Waals surface area (Å²) in [5.74, 6) is 0.901. The number of rotatable bonds is 6. The van der Waals surface area contributed by atoms with Gasteiger partial charge in [0.05, 0.1) is 0 Å². The van der Waals surface area contributed by atoms with Gasteiger partial charge in [0.1, 0.15) is 12.4 Å². The minimum absolute atomic E-state index is 0. The lowest BCUT2D eigenvalue weighted by Gasteiger charge is -2.04. The topological polar surface area (TPSA) is 13.1 Å². The van der Waals surface area contributed by atoms with E-state index in [1.54, 1.807) is 0 Å². The third-order valence-corrected chi connectivity index (χ3v) is 3.54. The normalized spacial score (nSPS) is 10.3. The molecule has 2 aromatic carbocycles. The first kappa shape index (κ1) is 18.2. The summed E-state index contributed by atoms with van der Waals surface area (Å²) in [7, 11) is 0. The van der Waals surface area contributed by atoms with Crippen molar-refractivity contribution in [2.24, 2.45) is 0 Å². The smallest absolute Gasteiger partial charge is 0.182 e. The largest absolute Gasteiger partial charge is 1.00 e. The second-order valence-corrected chi connectivity index (χ2v) is 5.27. The molecular weight excluding hydrogens is 409 g/mol. The molecule has 1 heterocycles. The molecule has 0 aliphatic rings. The first-order valence-corrected chi connectivity index (χ1v) is 7.80. The Labute approximate surface area is 160 Å². The number of aromatic nitrogens is 1. The molecule has 0 N–H and O–H groups in total. The van der Waals surface area contributed by atoms with Crippen LogP contribution >= 0.6 is 0 Å². The fourth-order valence-electron chi connectivity index (χ4n) is 2.28. The highest BCUT2D eigenvalue weighted by Gasteiger charge is 1.99. The number of pyridine rings is 1. The molecule has 3 rings (SSSR count). The number of benzene rings is 2. The summed E-state index contributed by atoms with van der Waals surface area (Å²) < 4.78 is 7.89. The fourth-order valence-corrected chi connectivity index (χ4v) is 2.28. The summed E-state index contributed by atoms with van der Waals surface area (Å²) in [5, 5.41) is 0. The highest BCUT2D eigenvalue weighted by molar-refractivity contribution is 5.69. The van der Waals surface area contributed by atoms with Gasteiger partial charge in [-0.25, -0.2) is 4.57 Å². The van der Waals surface area contributed by atoms with Crippen molar-refractivity contribution in [1.29, 1.82) is 0 Å². The van der Waals surface area contributed by atoms with Crippen LogP contribution in [0.2, 0.25) is 0 Å². The van der Waals surface area contributed by atoms with E-state index in [2.05, 4.69) is 41.0 Å². The Balaban J connectivity index is 0.00000208. The van der Waals surface area contributed by atoms with E-state index in [0.29, 0.717) is 6.61 Å². The van der Waals surface area contributed by atoms with E-state index >= 15 is 0 Å². The Morgan fingerprint density at radius 3 is 1.96 bits per heavy atom. The molecule has 3 aromatic rings. The molecule has 122 valence electrons. The molecule has 0 bridgehead atoms. The van der Waals surface area contributed by atoms with E-state index in [-0.39, 0.29) is 24.0 Å². The van der Waals surface area contributed by atoms with Crippen LogP contribution in [0, 0.1) is 0 Å². The van der Waals surface area contributed by atoms with Crippen LogP contribution in [0.15, 0.2) is 85.2 Å². The van der Waals surface area contributed by atoms with Gasteiger partial charge in [0.25, 0.3) is 0 Å². The lowest BCUT2D eigenvalue weighted by atomic mass is 10.1. The Bertz CT molecular complexity index is 740. The minimum atomic E-state index is 0. The van der Waals surface area contributed by atoms with Gasteiger partial charge in [-0.05, 0) is 23.3 Å². The predicted octanol–water partition coefficient (Wildman–Crippen LogP) is 1.23. The zero-order valence-electron chi connectivity index (χ0n) is 13.4. The van der Waals surface area contributed by atoms with Crippen LogP contribution in [0.5, 0.6) is 5.75 Å². The fraction of sp³-hybridized carbons (Fsp3) is 0.0952. The van der Waals surface area contributed by atoms with Crippen LogP contribution in [0.4, 0.5) is 0 Å². The van der Waals surface area contributed by atoms with E-state index in [1.807, 2.05) is 60.9 Å². The van der Waals surface area contributed by atoms with Gasteiger partial charge in [-0.1, -0.05) is 60.7 Å². The van der Waals surface area contributed by atoms with E-state index < -0.39 is 0 Å². The standard InChI is InChI=1S/C21H20NO.HI/c1-3-7-19(8-4-1)9-10-20-11-13-21(14-12-20)23-18-17-22-15-5-2-6-16-22;/h1-16H,17-18H2;1H/q+1;/p-1/b10-9+;. The molecule has 0 aliphatic carbocycles. The molecule has 24 heavy (non-hydrogen) atoms. The van der Waals surface area contributed by atoms with Crippen molar-refractivity contribution < 1.29 is 33.3 Å². The third-order valence-electron chi connectivity index (χ3n) is 3.54. The van der Waals surface area contributed by atoms with Crippen molar-refractivity contribution in [3.8, 4) is 5.75 Å². The number of hydrogen-bond donors (Lipinski definition) is 0. The average molecular weight is 429 g/mol. The summed E-state index contributed by atoms with van der Waals surface area (Å²) in [6, 6.07) is 24.5. The van der Waals surface area contributed by atoms with Crippen LogP contribution in [-0.4, -0.2) is 6.61 Å².